The number of alkyl halides is 3. The van der Waals surface area contributed by atoms with E-state index in [1.807, 2.05) is 0 Å². The summed E-state index contributed by atoms with van der Waals surface area (Å²) in [6.45, 7) is 0.000467. The van der Waals surface area contributed by atoms with E-state index in [1.165, 1.54) is 0 Å². The molecule has 0 aliphatic carbocycles. The van der Waals surface area contributed by atoms with E-state index in [-0.39, 0.29) is 17.3 Å². The number of rotatable bonds is 3. The molecular weight excluding hydrogens is 233 g/mol. The maximum atomic E-state index is 12.2. The molecule has 0 spiro atoms. The molecule has 0 bridgehead atoms. The normalized spacial score (nSPS) is 11.2. The molecule has 3 nitrogen and oxygen atoms in total. The molecule has 0 fully saturated rings. The van der Waals surface area contributed by atoms with Gasteiger partial charge in [-0.3, -0.25) is 9.78 Å². The highest BCUT2D eigenvalue weighted by Gasteiger charge is 2.31. The van der Waals surface area contributed by atoms with E-state index in [0.717, 1.165) is 6.07 Å². The Kier molecular flexibility index (Phi) is 3.52. The molecule has 1 rings (SSSR count). The number of nitrogens with zero attached hydrogens (tertiary/aromatic N) is 1. The Morgan fingerprint density at radius 1 is 1.53 bits per heavy atom. The second-order valence-corrected chi connectivity index (χ2v) is 3.06. The van der Waals surface area contributed by atoms with Crippen LogP contribution >= 0.6 is 11.6 Å². The summed E-state index contributed by atoms with van der Waals surface area (Å²) in [6, 6.07) is 0.774. The van der Waals surface area contributed by atoms with Crippen LogP contribution in [-0.4, -0.2) is 11.4 Å². The van der Waals surface area contributed by atoms with Gasteiger partial charge in [0.1, 0.15) is 0 Å². The smallest absolute Gasteiger partial charge is 0.353 e. The predicted octanol–water partition coefficient (Wildman–Crippen LogP) is 2.00. The second-order valence-electron chi connectivity index (χ2n) is 2.65. The number of carbonyl (C=O) groups is 1. The Morgan fingerprint density at radius 2 is 2.20 bits per heavy atom. The molecule has 0 unspecified atom stereocenters. The van der Waals surface area contributed by atoms with E-state index in [9.17, 15) is 18.0 Å². The molecule has 15 heavy (non-hydrogen) atoms. The summed E-state index contributed by atoms with van der Waals surface area (Å²) in [6.07, 6.45) is -3.38. The van der Waals surface area contributed by atoms with Crippen LogP contribution in [0, 0.1) is 0 Å². The van der Waals surface area contributed by atoms with E-state index in [0.29, 0.717) is 12.6 Å². The Balaban J connectivity index is 2.93. The van der Waals surface area contributed by atoms with Crippen molar-refractivity contribution in [1.29, 1.82) is 0 Å². The molecule has 0 aromatic carbocycles. The molecule has 1 N–H and O–H groups in total. The van der Waals surface area contributed by atoms with E-state index in [4.69, 9.17) is 11.6 Å². The molecule has 0 saturated carbocycles. The highest BCUT2D eigenvalue weighted by Crippen LogP contribution is 2.30. The predicted molar refractivity (Wildman–Crippen MR) is 47.2 cm³/mol. The number of nitrogens with one attached hydrogen (secondary N) is 1. The minimum absolute atomic E-state index is 0.000467. The van der Waals surface area contributed by atoms with E-state index in [1.54, 1.807) is 0 Å². The van der Waals surface area contributed by atoms with Crippen molar-refractivity contribution in [2.45, 2.75) is 12.7 Å². The fourth-order valence-electron chi connectivity index (χ4n) is 0.890. The molecule has 1 aromatic heterocycles. The zero-order valence-electron chi connectivity index (χ0n) is 7.31. The number of halogens is 4. The fourth-order valence-corrected chi connectivity index (χ4v) is 1.12. The first-order valence-electron chi connectivity index (χ1n) is 3.84. The van der Waals surface area contributed by atoms with Crippen molar-refractivity contribution in [3.8, 4) is 0 Å². The molecule has 1 aromatic rings. The van der Waals surface area contributed by atoms with E-state index >= 15 is 0 Å². The number of carbonyl (C=O) groups excluding carboxylic acids is 1. The van der Waals surface area contributed by atoms with Crippen LogP contribution in [-0.2, 0) is 17.5 Å². The van der Waals surface area contributed by atoms with Crippen molar-refractivity contribution in [1.82, 2.24) is 10.3 Å². The summed E-state index contributed by atoms with van der Waals surface area (Å²) in [5.41, 5.74) is -0.723. The highest BCUT2D eigenvalue weighted by atomic mass is 35.5. The Hall–Kier alpha value is -1.30. The van der Waals surface area contributed by atoms with Crippen molar-refractivity contribution in [3.05, 3.63) is 28.5 Å². The molecule has 1 heterocycles. The van der Waals surface area contributed by atoms with Gasteiger partial charge in [-0.05, 0) is 6.07 Å². The monoisotopic (exact) mass is 238 g/mol. The third-order valence-corrected chi connectivity index (χ3v) is 1.92. The molecule has 1 amide bonds. The minimum Gasteiger partial charge on any atom is -0.353 e. The maximum absolute atomic E-state index is 12.2. The number of amides is 1. The summed E-state index contributed by atoms with van der Waals surface area (Å²) >= 11 is 5.55. The van der Waals surface area contributed by atoms with Gasteiger partial charge in [0.05, 0.1) is 22.8 Å². The van der Waals surface area contributed by atoms with Gasteiger partial charge in [0, 0.05) is 6.20 Å². The van der Waals surface area contributed by atoms with Crippen LogP contribution in [0.1, 0.15) is 11.3 Å². The Labute approximate surface area is 88.3 Å². The molecule has 7 heteroatoms. The number of hydrogen-bond acceptors (Lipinski definition) is 2. The summed E-state index contributed by atoms with van der Waals surface area (Å²) in [5.74, 6) is 0. The van der Waals surface area contributed by atoms with Crippen molar-refractivity contribution >= 4 is 18.0 Å². The largest absolute Gasteiger partial charge is 0.417 e. The fraction of sp³-hybridized carbons (Fsp3) is 0.250. The van der Waals surface area contributed by atoms with Crippen molar-refractivity contribution in [2.75, 3.05) is 0 Å². The average Bonchev–Trinajstić information content (AvgIpc) is 2.14. The van der Waals surface area contributed by atoms with Crippen LogP contribution in [0.25, 0.3) is 0 Å². The van der Waals surface area contributed by atoms with Crippen LogP contribution in [0.4, 0.5) is 13.2 Å². The van der Waals surface area contributed by atoms with Crippen molar-refractivity contribution in [3.63, 3.8) is 0 Å². The lowest BCUT2D eigenvalue weighted by Gasteiger charge is -2.08. The molecule has 0 saturated heterocycles. The first-order valence-corrected chi connectivity index (χ1v) is 4.21. The summed E-state index contributed by atoms with van der Waals surface area (Å²) in [4.78, 5) is 13.5. The lowest BCUT2D eigenvalue weighted by molar-refractivity contribution is -0.137. The third-order valence-electron chi connectivity index (χ3n) is 1.60. The lowest BCUT2D eigenvalue weighted by Crippen LogP contribution is -2.13. The van der Waals surface area contributed by atoms with Gasteiger partial charge < -0.3 is 5.32 Å². The van der Waals surface area contributed by atoms with Gasteiger partial charge >= 0.3 is 6.18 Å². The highest BCUT2D eigenvalue weighted by molar-refractivity contribution is 6.31. The number of aromatic nitrogens is 1. The van der Waals surface area contributed by atoms with Gasteiger partial charge in [0.15, 0.2) is 0 Å². The van der Waals surface area contributed by atoms with Gasteiger partial charge in [-0.25, -0.2) is 0 Å². The zero-order valence-corrected chi connectivity index (χ0v) is 8.06. The minimum atomic E-state index is -4.47. The molecule has 82 valence electrons. The molecule has 0 atom stereocenters. The molecule has 0 aliphatic rings. The van der Waals surface area contributed by atoms with Crippen molar-refractivity contribution < 1.29 is 18.0 Å². The summed E-state index contributed by atoms with van der Waals surface area (Å²) in [5, 5.41) is 2.13. The average molecular weight is 239 g/mol. The van der Waals surface area contributed by atoms with Crippen LogP contribution in [0.15, 0.2) is 12.3 Å². The molecule has 0 radical (unpaired) electrons. The van der Waals surface area contributed by atoms with Crippen LogP contribution in [0.3, 0.4) is 0 Å². The topological polar surface area (TPSA) is 42.0 Å². The van der Waals surface area contributed by atoms with E-state index in [2.05, 4.69) is 10.3 Å². The van der Waals surface area contributed by atoms with Gasteiger partial charge in [-0.15, -0.1) is 0 Å². The summed E-state index contributed by atoms with van der Waals surface area (Å²) < 4.78 is 36.5. The van der Waals surface area contributed by atoms with Gasteiger partial charge in [-0.1, -0.05) is 11.6 Å². The van der Waals surface area contributed by atoms with Crippen LogP contribution in [0.5, 0.6) is 0 Å². The van der Waals surface area contributed by atoms with Gasteiger partial charge in [0.2, 0.25) is 6.41 Å². The maximum Gasteiger partial charge on any atom is 0.417 e. The SMILES string of the molecule is O=CNCc1ncc(C(F)(F)F)cc1Cl. The number of hydrogen-bond donors (Lipinski definition) is 1. The quantitative estimate of drug-likeness (QED) is 0.819. The van der Waals surface area contributed by atoms with Crippen LogP contribution in [0.2, 0.25) is 5.02 Å². The third kappa shape index (κ3) is 3.09. The summed E-state index contributed by atoms with van der Waals surface area (Å²) in [7, 11) is 0. The molecular formula is C8H6ClF3N2O. The van der Waals surface area contributed by atoms with Crippen molar-refractivity contribution in [2.24, 2.45) is 0 Å². The Morgan fingerprint density at radius 3 is 2.67 bits per heavy atom. The zero-order chi connectivity index (χ0) is 11.5. The van der Waals surface area contributed by atoms with E-state index < -0.39 is 11.7 Å². The molecule has 0 aliphatic heterocycles. The second kappa shape index (κ2) is 4.48. The lowest BCUT2D eigenvalue weighted by atomic mass is 10.2. The number of pyridine rings is 1. The first-order chi connectivity index (χ1) is 6.95. The van der Waals surface area contributed by atoms with Crippen LogP contribution < -0.4 is 5.32 Å². The Bertz CT molecular complexity index is 367. The standard InChI is InChI=1S/C8H6ClF3N2O/c9-6-1-5(8(10,11)12)2-14-7(6)3-13-4-15/h1-2,4H,3H2,(H,13,15). The van der Waals surface area contributed by atoms with Gasteiger partial charge in [-0.2, -0.15) is 13.2 Å². The van der Waals surface area contributed by atoms with Gasteiger partial charge in [0.25, 0.3) is 0 Å². The first kappa shape index (κ1) is 11.8.